The Bertz CT molecular complexity index is 1140. The molecule has 1 aromatic heterocycles. The molecule has 150 valence electrons. The van der Waals surface area contributed by atoms with E-state index in [1.54, 1.807) is 26.0 Å². The summed E-state index contributed by atoms with van der Waals surface area (Å²) in [5.74, 6) is -0.917. The third-order valence-electron chi connectivity index (χ3n) is 4.24. The van der Waals surface area contributed by atoms with Gasteiger partial charge >= 0.3 is 5.97 Å². The zero-order valence-electron chi connectivity index (χ0n) is 15.7. The van der Waals surface area contributed by atoms with Gasteiger partial charge in [0.2, 0.25) is 0 Å². The topological polar surface area (TPSA) is 117 Å². The van der Waals surface area contributed by atoms with E-state index in [0.717, 1.165) is 16.1 Å². The Kier molecular flexibility index (Phi) is 5.91. The molecule has 0 spiro atoms. The maximum absolute atomic E-state index is 12.6. The molecule has 1 aliphatic rings. The molecule has 3 rings (SSSR count). The molecule has 0 saturated carbocycles. The van der Waals surface area contributed by atoms with Gasteiger partial charge in [-0.2, -0.15) is 5.26 Å². The number of rotatable bonds is 6. The van der Waals surface area contributed by atoms with Crippen molar-refractivity contribution in [3.8, 4) is 6.07 Å². The highest BCUT2D eigenvalue weighted by Gasteiger charge is 2.40. The number of thioether (sulfide) groups is 1. The van der Waals surface area contributed by atoms with Crippen molar-refractivity contribution in [1.29, 1.82) is 5.26 Å². The number of esters is 1. The van der Waals surface area contributed by atoms with Crippen molar-refractivity contribution in [3.63, 3.8) is 0 Å². The van der Waals surface area contributed by atoms with Gasteiger partial charge in [0.25, 0.3) is 15.9 Å². The molecule has 1 amide bonds. The second-order valence-electron chi connectivity index (χ2n) is 6.03. The summed E-state index contributed by atoms with van der Waals surface area (Å²) in [6, 6.07) is 9.47. The minimum absolute atomic E-state index is 0.000438. The summed E-state index contributed by atoms with van der Waals surface area (Å²) in [5, 5.41) is 9.74. The molecule has 0 bridgehead atoms. The molecule has 0 aliphatic carbocycles. The van der Waals surface area contributed by atoms with E-state index < -0.39 is 21.9 Å². The fraction of sp³-hybridized carbons (Fsp3) is 0.263. The fourth-order valence-corrected chi connectivity index (χ4v) is 5.48. The Balaban J connectivity index is 1.76. The molecule has 0 fully saturated rings. The van der Waals surface area contributed by atoms with Crippen molar-refractivity contribution in [2.24, 2.45) is 0 Å². The fourth-order valence-electron chi connectivity index (χ4n) is 2.87. The van der Waals surface area contributed by atoms with Gasteiger partial charge in [-0.15, -0.1) is 11.8 Å². The monoisotopic (exact) mass is 431 g/mol. The van der Waals surface area contributed by atoms with Crippen LogP contribution >= 0.6 is 11.8 Å². The first-order chi connectivity index (χ1) is 13.8. The largest absolute Gasteiger partial charge is 0.462 e. The van der Waals surface area contributed by atoms with Crippen LogP contribution in [-0.4, -0.2) is 48.5 Å². The number of benzene rings is 1. The van der Waals surface area contributed by atoms with E-state index in [1.165, 1.54) is 18.2 Å². The lowest BCUT2D eigenvalue weighted by Gasteiger charge is -2.15. The molecular formula is C19H17N3O5S2. The number of pyridine rings is 1. The van der Waals surface area contributed by atoms with E-state index in [0.29, 0.717) is 10.7 Å². The van der Waals surface area contributed by atoms with Crippen LogP contribution in [0.25, 0.3) is 0 Å². The van der Waals surface area contributed by atoms with E-state index >= 15 is 0 Å². The van der Waals surface area contributed by atoms with Crippen molar-refractivity contribution in [2.45, 2.75) is 23.8 Å². The van der Waals surface area contributed by atoms with Gasteiger partial charge in [-0.1, -0.05) is 12.1 Å². The van der Waals surface area contributed by atoms with Gasteiger partial charge < -0.3 is 4.74 Å². The van der Waals surface area contributed by atoms with Gasteiger partial charge in [0.15, 0.2) is 0 Å². The summed E-state index contributed by atoms with van der Waals surface area (Å²) in [7, 11) is -3.87. The quantitative estimate of drug-likeness (QED) is 0.505. The highest BCUT2D eigenvalue weighted by atomic mass is 32.2. The minimum atomic E-state index is -3.87. The Hall–Kier alpha value is -2.90. The Morgan fingerprint density at radius 2 is 2.07 bits per heavy atom. The number of fused-ring (bicyclic) bond motifs is 1. The van der Waals surface area contributed by atoms with E-state index in [1.807, 2.05) is 6.07 Å². The number of amides is 1. The van der Waals surface area contributed by atoms with Crippen molar-refractivity contribution in [1.82, 2.24) is 9.29 Å². The van der Waals surface area contributed by atoms with E-state index in [4.69, 9.17) is 4.74 Å². The zero-order valence-corrected chi connectivity index (χ0v) is 17.3. The summed E-state index contributed by atoms with van der Waals surface area (Å²) in [6.45, 7) is 3.45. The molecule has 8 nitrogen and oxygen atoms in total. The highest BCUT2D eigenvalue weighted by molar-refractivity contribution is 7.99. The number of nitrogens with zero attached hydrogens (tertiary/aromatic N) is 3. The maximum atomic E-state index is 12.6. The Morgan fingerprint density at radius 1 is 1.34 bits per heavy atom. The Labute approximate surface area is 172 Å². The van der Waals surface area contributed by atoms with E-state index in [2.05, 4.69) is 4.98 Å². The number of hydrogen-bond acceptors (Lipinski definition) is 8. The Morgan fingerprint density at radius 3 is 2.72 bits per heavy atom. The van der Waals surface area contributed by atoms with Crippen LogP contribution in [0.3, 0.4) is 0 Å². The first-order valence-corrected chi connectivity index (χ1v) is 11.1. The van der Waals surface area contributed by atoms with Crippen LogP contribution < -0.4 is 0 Å². The average Bonchev–Trinajstić information content (AvgIpc) is 2.89. The van der Waals surface area contributed by atoms with Crippen molar-refractivity contribution < 1.29 is 22.7 Å². The summed E-state index contributed by atoms with van der Waals surface area (Å²) >= 11 is 1.14. The van der Waals surface area contributed by atoms with Crippen LogP contribution in [0.1, 0.15) is 38.9 Å². The van der Waals surface area contributed by atoms with Gasteiger partial charge in [0.1, 0.15) is 16.0 Å². The van der Waals surface area contributed by atoms with Gasteiger partial charge in [0, 0.05) is 12.3 Å². The number of carbonyl (C=O) groups is 2. The molecule has 0 N–H and O–H groups in total. The molecule has 29 heavy (non-hydrogen) atoms. The third kappa shape index (κ3) is 3.83. The average molecular weight is 431 g/mol. The van der Waals surface area contributed by atoms with Gasteiger partial charge in [-0.3, -0.25) is 4.79 Å². The number of carbonyl (C=O) groups excluding carboxylic acids is 2. The molecule has 1 aromatic carbocycles. The van der Waals surface area contributed by atoms with Crippen LogP contribution in [-0.2, 0) is 14.8 Å². The minimum Gasteiger partial charge on any atom is -0.462 e. The molecule has 0 atom stereocenters. The lowest BCUT2D eigenvalue weighted by atomic mass is 10.1. The molecular weight excluding hydrogens is 414 g/mol. The van der Waals surface area contributed by atoms with Crippen LogP contribution in [0.4, 0.5) is 0 Å². The number of aromatic nitrogens is 1. The van der Waals surface area contributed by atoms with E-state index in [-0.39, 0.29) is 40.5 Å². The highest BCUT2D eigenvalue weighted by Crippen LogP contribution is 2.31. The van der Waals surface area contributed by atoms with Gasteiger partial charge in [0.05, 0.1) is 29.0 Å². The predicted octanol–water partition coefficient (Wildman–Crippen LogP) is 2.38. The number of sulfonamides is 1. The molecule has 0 unspecified atom stereocenters. The van der Waals surface area contributed by atoms with Crippen LogP contribution in [0.15, 0.2) is 40.3 Å². The second-order valence-corrected chi connectivity index (χ2v) is 8.95. The third-order valence-corrected chi connectivity index (χ3v) is 7.05. The maximum Gasteiger partial charge on any atom is 0.340 e. The van der Waals surface area contributed by atoms with Crippen molar-refractivity contribution in [2.75, 3.05) is 18.9 Å². The summed E-state index contributed by atoms with van der Waals surface area (Å²) in [6.07, 6.45) is 0. The zero-order chi connectivity index (χ0) is 21.2. The number of nitriles is 1. The summed E-state index contributed by atoms with van der Waals surface area (Å²) in [5.41, 5.74) is 0.952. The molecule has 1 aliphatic heterocycles. The molecule has 2 heterocycles. The van der Waals surface area contributed by atoms with Crippen molar-refractivity contribution in [3.05, 3.63) is 52.7 Å². The van der Waals surface area contributed by atoms with Crippen LogP contribution in [0.2, 0.25) is 0 Å². The van der Waals surface area contributed by atoms with Gasteiger partial charge in [-0.05, 0) is 32.0 Å². The normalized spacial score (nSPS) is 14.4. The first kappa shape index (κ1) is 20.8. The molecule has 10 heteroatoms. The summed E-state index contributed by atoms with van der Waals surface area (Å²) in [4.78, 5) is 28.7. The molecule has 0 radical (unpaired) electrons. The molecule has 2 aromatic rings. The second kappa shape index (κ2) is 8.23. The summed E-state index contributed by atoms with van der Waals surface area (Å²) < 4.78 is 30.9. The standard InChI is InChI=1S/C19H17N3O5S2/c1-3-27-19(24)15-10-13(11-20)17(21-12(15)2)28-9-8-22-18(23)14-6-4-5-7-16(14)29(22,25)26/h4-7,10H,3,8-9H2,1-2H3. The number of hydrogen-bond donors (Lipinski definition) is 0. The van der Waals surface area contributed by atoms with E-state index in [9.17, 15) is 23.3 Å². The number of aryl methyl sites for hydroxylation is 1. The van der Waals surface area contributed by atoms with Crippen LogP contribution in [0, 0.1) is 18.3 Å². The first-order valence-electron chi connectivity index (χ1n) is 8.69. The smallest absolute Gasteiger partial charge is 0.340 e. The SMILES string of the molecule is CCOC(=O)c1cc(C#N)c(SCCN2C(=O)c3ccccc3S2(=O)=O)nc1C. The number of ether oxygens (including phenoxy) is 1. The van der Waals surface area contributed by atoms with Crippen molar-refractivity contribution >= 4 is 33.7 Å². The van der Waals surface area contributed by atoms with Gasteiger partial charge in [-0.25, -0.2) is 22.5 Å². The molecule has 0 saturated heterocycles. The van der Waals surface area contributed by atoms with Crippen LogP contribution in [0.5, 0.6) is 0 Å². The predicted molar refractivity (Wildman–Crippen MR) is 105 cm³/mol. The lowest BCUT2D eigenvalue weighted by molar-refractivity contribution is 0.0524. The lowest BCUT2D eigenvalue weighted by Crippen LogP contribution is -2.32.